The molecule has 1 aliphatic rings. The van der Waals surface area contributed by atoms with Crippen LogP contribution in [0.2, 0.25) is 0 Å². The van der Waals surface area contributed by atoms with E-state index < -0.39 is 10.0 Å². The normalized spacial score (nSPS) is 16.5. The standard InChI is InChI=1S/C18H29N3O3S/c1-4-5-14-25(23,24)21-11-7-10-20(12-13-21)18(22)16-8-6-9-17(15-16)19(2)3/h6,8-9,15H,4-5,7,10-14H2,1-3H3. The van der Waals surface area contributed by atoms with Gasteiger partial charge in [0.05, 0.1) is 5.75 Å². The fourth-order valence-electron chi connectivity index (χ4n) is 2.93. The molecule has 0 aromatic heterocycles. The maximum Gasteiger partial charge on any atom is 0.253 e. The van der Waals surface area contributed by atoms with Crippen molar-refractivity contribution in [3.63, 3.8) is 0 Å². The minimum atomic E-state index is -3.21. The third-order valence-electron chi connectivity index (χ3n) is 4.50. The summed E-state index contributed by atoms with van der Waals surface area (Å²) >= 11 is 0. The lowest BCUT2D eigenvalue weighted by Gasteiger charge is -2.22. The van der Waals surface area contributed by atoms with Crippen LogP contribution in [0.25, 0.3) is 0 Å². The zero-order chi connectivity index (χ0) is 18.4. The summed E-state index contributed by atoms with van der Waals surface area (Å²) in [6.07, 6.45) is 2.21. The summed E-state index contributed by atoms with van der Waals surface area (Å²) in [4.78, 5) is 16.5. The molecule has 0 aliphatic carbocycles. The van der Waals surface area contributed by atoms with Gasteiger partial charge in [-0.3, -0.25) is 4.79 Å². The minimum Gasteiger partial charge on any atom is -0.378 e. The average molecular weight is 368 g/mol. The molecule has 0 atom stereocenters. The van der Waals surface area contributed by atoms with Crippen LogP contribution in [0.4, 0.5) is 5.69 Å². The molecular weight excluding hydrogens is 338 g/mol. The number of carbonyl (C=O) groups excluding carboxylic acids is 1. The lowest BCUT2D eigenvalue weighted by atomic mass is 10.1. The summed E-state index contributed by atoms with van der Waals surface area (Å²) in [6.45, 7) is 3.89. The van der Waals surface area contributed by atoms with E-state index in [4.69, 9.17) is 0 Å². The number of hydrogen-bond donors (Lipinski definition) is 0. The Morgan fingerprint density at radius 2 is 1.92 bits per heavy atom. The Morgan fingerprint density at radius 1 is 1.16 bits per heavy atom. The molecule has 0 saturated carbocycles. The number of nitrogens with zero attached hydrogens (tertiary/aromatic N) is 3. The van der Waals surface area contributed by atoms with Gasteiger partial charge in [0.25, 0.3) is 5.91 Å². The zero-order valence-electron chi connectivity index (χ0n) is 15.4. The number of benzene rings is 1. The third-order valence-corrected chi connectivity index (χ3v) is 6.46. The lowest BCUT2D eigenvalue weighted by molar-refractivity contribution is 0.0764. The largest absolute Gasteiger partial charge is 0.378 e. The predicted molar refractivity (Wildman–Crippen MR) is 102 cm³/mol. The molecule has 140 valence electrons. The van der Waals surface area contributed by atoms with E-state index in [0.717, 1.165) is 12.1 Å². The molecule has 2 rings (SSSR count). The van der Waals surface area contributed by atoms with E-state index in [1.807, 2.05) is 50.2 Å². The van der Waals surface area contributed by atoms with Crippen LogP contribution in [0.5, 0.6) is 0 Å². The number of anilines is 1. The first kappa shape index (κ1) is 19.7. The molecule has 1 fully saturated rings. The summed E-state index contributed by atoms with van der Waals surface area (Å²) in [7, 11) is 0.666. The van der Waals surface area contributed by atoms with Crippen LogP contribution in [-0.4, -0.2) is 69.6 Å². The Labute approximate surface area is 151 Å². The molecule has 1 aliphatic heterocycles. The predicted octanol–water partition coefficient (Wildman–Crippen LogP) is 2.03. The molecule has 1 heterocycles. The molecule has 1 aromatic carbocycles. The highest BCUT2D eigenvalue weighted by molar-refractivity contribution is 7.89. The van der Waals surface area contributed by atoms with E-state index in [9.17, 15) is 13.2 Å². The smallest absolute Gasteiger partial charge is 0.253 e. The van der Waals surface area contributed by atoms with Gasteiger partial charge in [0.2, 0.25) is 10.0 Å². The number of unbranched alkanes of at least 4 members (excludes halogenated alkanes) is 1. The zero-order valence-corrected chi connectivity index (χ0v) is 16.3. The van der Waals surface area contributed by atoms with Gasteiger partial charge >= 0.3 is 0 Å². The molecule has 6 nitrogen and oxygen atoms in total. The van der Waals surface area contributed by atoms with Gasteiger partial charge < -0.3 is 9.80 Å². The van der Waals surface area contributed by atoms with Crippen molar-refractivity contribution in [2.45, 2.75) is 26.2 Å². The summed E-state index contributed by atoms with van der Waals surface area (Å²) in [5.41, 5.74) is 1.62. The van der Waals surface area contributed by atoms with Gasteiger partial charge in [-0.25, -0.2) is 12.7 Å². The van der Waals surface area contributed by atoms with Crippen LogP contribution >= 0.6 is 0 Å². The molecule has 1 saturated heterocycles. The van der Waals surface area contributed by atoms with E-state index in [-0.39, 0.29) is 11.7 Å². The molecule has 0 N–H and O–H groups in total. The first-order chi connectivity index (χ1) is 11.8. The number of hydrogen-bond acceptors (Lipinski definition) is 4. The SMILES string of the molecule is CCCCS(=O)(=O)N1CCCN(C(=O)c2cccc(N(C)C)c2)CC1. The first-order valence-corrected chi connectivity index (χ1v) is 10.5. The highest BCUT2D eigenvalue weighted by atomic mass is 32.2. The lowest BCUT2D eigenvalue weighted by Crippen LogP contribution is -2.38. The van der Waals surface area contributed by atoms with Crippen molar-refractivity contribution in [2.24, 2.45) is 0 Å². The van der Waals surface area contributed by atoms with E-state index >= 15 is 0 Å². The number of sulfonamides is 1. The van der Waals surface area contributed by atoms with Crippen LogP contribution in [0.1, 0.15) is 36.5 Å². The van der Waals surface area contributed by atoms with Crippen molar-refractivity contribution in [3.8, 4) is 0 Å². The van der Waals surface area contributed by atoms with Crippen LogP contribution in [0, 0.1) is 0 Å². The Kier molecular flexibility index (Phi) is 6.84. The fraction of sp³-hybridized carbons (Fsp3) is 0.611. The van der Waals surface area contributed by atoms with Crippen LogP contribution in [0.3, 0.4) is 0 Å². The highest BCUT2D eigenvalue weighted by Gasteiger charge is 2.26. The fourth-order valence-corrected chi connectivity index (χ4v) is 4.61. The molecule has 25 heavy (non-hydrogen) atoms. The Hall–Kier alpha value is -1.60. The van der Waals surface area contributed by atoms with Crippen molar-refractivity contribution < 1.29 is 13.2 Å². The number of rotatable bonds is 6. The molecule has 0 unspecified atom stereocenters. The number of amides is 1. The Bertz CT molecular complexity index is 689. The summed E-state index contributed by atoms with van der Waals surface area (Å²) < 4.78 is 26.3. The van der Waals surface area contributed by atoms with Crippen LogP contribution in [-0.2, 0) is 10.0 Å². The summed E-state index contributed by atoms with van der Waals surface area (Å²) in [5, 5.41) is 0. The van der Waals surface area contributed by atoms with Gasteiger partial charge in [-0.1, -0.05) is 19.4 Å². The Morgan fingerprint density at radius 3 is 2.60 bits per heavy atom. The first-order valence-electron chi connectivity index (χ1n) is 8.89. The molecule has 0 radical (unpaired) electrons. The van der Waals surface area contributed by atoms with Crippen LogP contribution in [0.15, 0.2) is 24.3 Å². The molecule has 0 spiro atoms. The quantitative estimate of drug-likeness (QED) is 0.772. The third kappa shape index (κ3) is 5.19. The maximum absolute atomic E-state index is 12.8. The molecule has 0 bridgehead atoms. The topological polar surface area (TPSA) is 60.9 Å². The van der Waals surface area contributed by atoms with Crippen molar-refractivity contribution in [1.82, 2.24) is 9.21 Å². The molecule has 1 amide bonds. The second-order valence-corrected chi connectivity index (χ2v) is 8.75. The van der Waals surface area contributed by atoms with Gasteiger partial charge in [0, 0.05) is 51.5 Å². The van der Waals surface area contributed by atoms with E-state index in [2.05, 4.69) is 0 Å². The molecular formula is C18H29N3O3S. The maximum atomic E-state index is 12.8. The van der Waals surface area contributed by atoms with Crippen molar-refractivity contribution in [2.75, 3.05) is 50.9 Å². The second-order valence-electron chi connectivity index (χ2n) is 6.66. The van der Waals surface area contributed by atoms with E-state index in [0.29, 0.717) is 44.6 Å². The highest BCUT2D eigenvalue weighted by Crippen LogP contribution is 2.17. The van der Waals surface area contributed by atoms with E-state index in [1.165, 1.54) is 0 Å². The Balaban J connectivity index is 2.05. The average Bonchev–Trinajstić information content (AvgIpc) is 2.86. The van der Waals surface area contributed by atoms with Crippen molar-refractivity contribution >= 4 is 21.6 Å². The van der Waals surface area contributed by atoms with Crippen LogP contribution < -0.4 is 4.90 Å². The van der Waals surface area contributed by atoms with Gasteiger partial charge in [0.15, 0.2) is 0 Å². The minimum absolute atomic E-state index is 0.0310. The van der Waals surface area contributed by atoms with Crippen molar-refractivity contribution in [3.05, 3.63) is 29.8 Å². The summed E-state index contributed by atoms with van der Waals surface area (Å²) in [6, 6.07) is 7.53. The van der Waals surface area contributed by atoms with Gasteiger partial charge in [-0.15, -0.1) is 0 Å². The second kappa shape index (κ2) is 8.67. The molecule has 7 heteroatoms. The molecule has 1 aromatic rings. The van der Waals surface area contributed by atoms with Gasteiger partial charge in [0.1, 0.15) is 0 Å². The summed E-state index contributed by atoms with van der Waals surface area (Å²) in [5.74, 6) is 0.166. The van der Waals surface area contributed by atoms with Gasteiger partial charge in [-0.05, 0) is 31.0 Å². The number of carbonyl (C=O) groups is 1. The monoisotopic (exact) mass is 367 g/mol. The van der Waals surface area contributed by atoms with Gasteiger partial charge in [-0.2, -0.15) is 0 Å². The van der Waals surface area contributed by atoms with Crippen molar-refractivity contribution in [1.29, 1.82) is 0 Å². The van der Waals surface area contributed by atoms with E-state index in [1.54, 1.807) is 9.21 Å².